The summed E-state index contributed by atoms with van der Waals surface area (Å²) in [5.41, 5.74) is 1.35. The number of halogens is 1. The van der Waals surface area contributed by atoms with Crippen LogP contribution in [0.5, 0.6) is 0 Å². The number of carbonyl (C=O) groups excluding carboxylic acids is 1. The number of hydrogen-bond acceptors (Lipinski definition) is 6. The maximum atomic E-state index is 14.0. The molecule has 4 aromatic rings. The van der Waals surface area contributed by atoms with Gasteiger partial charge in [-0.05, 0) is 48.6 Å². The number of nitro groups is 1. The Kier molecular flexibility index (Phi) is 7.09. The molecule has 9 nitrogen and oxygen atoms in total. The zero-order chi connectivity index (χ0) is 26.6. The molecule has 0 spiro atoms. The number of furan rings is 1. The Morgan fingerprint density at radius 2 is 1.95 bits per heavy atom. The summed E-state index contributed by atoms with van der Waals surface area (Å²) in [7, 11) is 0. The predicted molar refractivity (Wildman–Crippen MR) is 143 cm³/mol. The van der Waals surface area contributed by atoms with Gasteiger partial charge in [0, 0.05) is 36.9 Å². The van der Waals surface area contributed by atoms with Crippen LogP contribution in [-0.2, 0) is 4.79 Å². The molecule has 192 valence electrons. The number of para-hydroxylation sites is 1. The average Bonchev–Trinajstić information content (AvgIpc) is 3.54. The molecule has 3 heterocycles. The van der Waals surface area contributed by atoms with E-state index in [0.29, 0.717) is 22.2 Å². The molecule has 2 aromatic carbocycles. The second kappa shape index (κ2) is 10.8. The van der Waals surface area contributed by atoms with Crippen LogP contribution in [0.2, 0.25) is 0 Å². The second-order valence-corrected chi connectivity index (χ2v) is 8.99. The minimum absolute atomic E-state index is 0.0417. The molecule has 38 heavy (non-hydrogen) atoms. The van der Waals surface area contributed by atoms with E-state index >= 15 is 0 Å². The number of nitrogens with zero attached hydrogens (tertiary/aromatic N) is 3. The third kappa shape index (κ3) is 5.23. The first-order valence-electron chi connectivity index (χ1n) is 11.8. The standard InChI is InChI=1S/C27H22FN5O4S/c28-19-8-1-2-9-20(19)30-24(34)13-15-32-26(25(31-27(32)38)21-10-3-4-14-29-21)23-12-11-22(37-23)17-6-5-7-18(16-17)33(35)36/h1-12,14,16,25-26H,13,15H2,(H,30,34)(H,31,38). The summed E-state index contributed by atoms with van der Waals surface area (Å²) >= 11 is 5.62. The van der Waals surface area contributed by atoms with Crippen molar-refractivity contribution in [2.24, 2.45) is 0 Å². The molecule has 0 bridgehead atoms. The maximum absolute atomic E-state index is 14.0. The van der Waals surface area contributed by atoms with Crippen molar-refractivity contribution in [2.75, 3.05) is 11.9 Å². The Bertz CT molecular complexity index is 1500. The van der Waals surface area contributed by atoms with Gasteiger partial charge in [0.2, 0.25) is 5.91 Å². The molecule has 0 aliphatic carbocycles. The molecule has 1 aliphatic heterocycles. The number of pyridine rings is 1. The van der Waals surface area contributed by atoms with Crippen LogP contribution in [-0.4, -0.2) is 32.4 Å². The molecule has 2 aromatic heterocycles. The number of hydrogen-bond donors (Lipinski definition) is 2. The molecule has 2 unspecified atom stereocenters. The van der Waals surface area contributed by atoms with Gasteiger partial charge in [0.15, 0.2) is 5.11 Å². The summed E-state index contributed by atoms with van der Waals surface area (Å²) < 4.78 is 20.2. The normalized spacial score (nSPS) is 16.8. The Hall–Kier alpha value is -4.64. The van der Waals surface area contributed by atoms with Crippen molar-refractivity contribution in [2.45, 2.75) is 18.5 Å². The van der Waals surface area contributed by atoms with Crippen molar-refractivity contribution in [3.63, 3.8) is 0 Å². The Balaban J connectivity index is 1.41. The highest BCUT2D eigenvalue weighted by atomic mass is 32.1. The zero-order valence-electron chi connectivity index (χ0n) is 19.9. The van der Waals surface area contributed by atoms with E-state index in [1.54, 1.807) is 42.6 Å². The molecule has 0 radical (unpaired) electrons. The van der Waals surface area contributed by atoms with Gasteiger partial charge in [0.25, 0.3) is 5.69 Å². The number of nitrogens with one attached hydrogen (secondary N) is 2. The molecular weight excluding hydrogens is 509 g/mol. The van der Waals surface area contributed by atoms with Gasteiger partial charge in [-0.1, -0.05) is 30.3 Å². The number of rotatable bonds is 8. The van der Waals surface area contributed by atoms with Gasteiger partial charge in [0.05, 0.1) is 22.3 Å². The van der Waals surface area contributed by atoms with E-state index in [9.17, 15) is 19.3 Å². The van der Waals surface area contributed by atoms with E-state index in [-0.39, 0.29) is 36.3 Å². The number of nitro benzene ring substituents is 1. The fourth-order valence-corrected chi connectivity index (χ4v) is 4.72. The predicted octanol–water partition coefficient (Wildman–Crippen LogP) is 5.39. The molecule has 1 fully saturated rings. The SMILES string of the molecule is O=C(CCN1C(=S)NC(c2ccccn2)C1c1ccc(-c2cccc([N+](=O)[O-])c2)o1)Nc1ccccc1F. The van der Waals surface area contributed by atoms with Crippen LogP contribution in [0.15, 0.2) is 89.5 Å². The summed E-state index contributed by atoms with van der Waals surface area (Å²) in [6.07, 6.45) is 1.72. The van der Waals surface area contributed by atoms with E-state index in [1.807, 2.05) is 23.1 Å². The van der Waals surface area contributed by atoms with Gasteiger partial charge < -0.3 is 20.0 Å². The molecule has 1 amide bonds. The highest BCUT2D eigenvalue weighted by Crippen LogP contribution is 2.40. The number of amides is 1. The molecule has 11 heteroatoms. The molecule has 0 saturated carbocycles. The molecule has 2 atom stereocenters. The summed E-state index contributed by atoms with van der Waals surface area (Å²) in [4.78, 5) is 29.7. The minimum atomic E-state index is -0.517. The molecule has 5 rings (SSSR count). The third-order valence-electron chi connectivity index (χ3n) is 6.19. The van der Waals surface area contributed by atoms with Crippen molar-refractivity contribution >= 4 is 34.6 Å². The maximum Gasteiger partial charge on any atom is 0.270 e. The fourth-order valence-electron chi connectivity index (χ4n) is 4.39. The number of thiocarbonyl (C=S) groups is 1. The van der Waals surface area contributed by atoms with Crippen LogP contribution in [0.3, 0.4) is 0 Å². The number of non-ortho nitro benzene ring substituents is 1. The lowest BCUT2D eigenvalue weighted by Crippen LogP contribution is -2.32. The topological polar surface area (TPSA) is 114 Å². The number of carbonyl (C=O) groups is 1. The average molecular weight is 532 g/mol. The number of aromatic nitrogens is 1. The zero-order valence-corrected chi connectivity index (χ0v) is 20.7. The van der Waals surface area contributed by atoms with Crippen molar-refractivity contribution < 1.29 is 18.5 Å². The van der Waals surface area contributed by atoms with Crippen LogP contribution in [0.1, 0.15) is 30.0 Å². The monoisotopic (exact) mass is 531 g/mol. The first-order chi connectivity index (χ1) is 18.4. The van der Waals surface area contributed by atoms with Crippen molar-refractivity contribution in [3.05, 3.63) is 112 Å². The highest BCUT2D eigenvalue weighted by Gasteiger charge is 2.41. The highest BCUT2D eigenvalue weighted by molar-refractivity contribution is 7.80. The van der Waals surface area contributed by atoms with E-state index in [0.717, 1.165) is 5.69 Å². The van der Waals surface area contributed by atoms with Crippen LogP contribution in [0.4, 0.5) is 15.8 Å². The van der Waals surface area contributed by atoms with Gasteiger partial charge in [-0.25, -0.2) is 4.39 Å². The van der Waals surface area contributed by atoms with Crippen LogP contribution in [0, 0.1) is 15.9 Å². The van der Waals surface area contributed by atoms with E-state index in [2.05, 4.69) is 15.6 Å². The van der Waals surface area contributed by atoms with Gasteiger partial charge in [0.1, 0.15) is 23.4 Å². The van der Waals surface area contributed by atoms with Gasteiger partial charge in [-0.3, -0.25) is 19.9 Å². The molecule has 1 aliphatic rings. The van der Waals surface area contributed by atoms with Gasteiger partial charge in [-0.2, -0.15) is 0 Å². The first kappa shape index (κ1) is 25.0. The van der Waals surface area contributed by atoms with Crippen molar-refractivity contribution in [3.8, 4) is 11.3 Å². The van der Waals surface area contributed by atoms with Crippen LogP contribution in [0.25, 0.3) is 11.3 Å². The smallest absolute Gasteiger partial charge is 0.270 e. The lowest BCUT2D eigenvalue weighted by Gasteiger charge is -2.25. The van der Waals surface area contributed by atoms with Crippen molar-refractivity contribution in [1.82, 2.24) is 15.2 Å². The summed E-state index contributed by atoms with van der Waals surface area (Å²) in [5.74, 6) is 0.119. The number of anilines is 1. The van der Waals surface area contributed by atoms with Gasteiger partial charge in [-0.15, -0.1) is 0 Å². The Labute approximate surface area is 222 Å². The minimum Gasteiger partial charge on any atom is -0.459 e. The quantitative estimate of drug-likeness (QED) is 0.177. The molecular formula is C27H22FN5O4S. The molecule has 1 saturated heterocycles. The largest absolute Gasteiger partial charge is 0.459 e. The Morgan fingerprint density at radius 3 is 2.71 bits per heavy atom. The van der Waals surface area contributed by atoms with Gasteiger partial charge >= 0.3 is 0 Å². The van der Waals surface area contributed by atoms with E-state index < -0.39 is 16.8 Å². The van der Waals surface area contributed by atoms with E-state index in [1.165, 1.54) is 24.3 Å². The Morgan fingerprint density at radius 1 is 1.13 bits per heavy atom. The lowest BCUT2D eigenvalue weighted by atomic mass is 10.0. The first-order valence-corrected chi connectivity index (χ1v) is 12.2. The number of benzene rings is 2. The second-order valence-electron chi connectivity index (χ2n) is 8.61. The lowest BCUT2D eigenvalue weighted by molar-refractivity contribution is -0.384. The summed E-state index contributed by atoms with van der Waals surface area (Å²) in [5, 5.41) is 17.5. The third-order valence-corrected chi connectivity index (χ3v) is 6.54. The van der Waals surface area contributed by atoms with Crippen LogP contribution < -0.4 is 10.6 Å². The van der Waals surface area contributed by atoms with Crippen molar-refractivity contribution in [1.29, 1.82) is 0 Å². The van der Waals surface area contributed by atoms with E-state index in [4.69, 9.17) is 16.6 Å². The van der Waals surface area contributed by atoms with Crippen LogP contribution >= 0.6 is 12.2 Å². The fraction of sp³-hybridized carbons (Fsp3) is 0.148. The summed E-state index contributed by atoms with van der Waals surface area (Å²) in [6.45, 7) is 0.229. The summed E-state index contributed by atoms with van der Waals surface area (Å²) in [6, 6.07) is 20.4. The molecule has 2 N–H and O–H groups in total.